The van der Waals surface area contributed by atoms with Gasteiger partial charge in [0.2, 0.25) is 0 Å². The first-order valence-electron chi connectivity index (χ1n) is 6.42. The molecule has 0 aromatic heterocycles. The highest BCUT2D eigenvalue weighted by Crippen LogP contribution is 2.21. The van der Waals surface area contributed by atoms with Crippen LogP contribution in [0.1, 0.15) is 24.0 Å². The Morgan fingerprint density at radius 3 is 2.32 bits per heavy atom. The highest BCUT2D eigenvalue weighted by atomic mass is 35.5. The number of hydrogen-bond acceptors (Lipinski definition) is 4. The summed E-state index contributed by atoms with van der Waals surface area (Å²) in [5.74, 6) is 0.929. The molecule has 2 aliphatic rings. The van der Waals surface area contributed by atoms with Crippen molar-refractivity contribution in [2.24, 2.45) is 10.2 Å². The Morgan fingerprint density at radius 2 is 1.74 bits per heavy atom. The van der Waals surface area contributed by atoms with Crippen LogP contribution in [0.5, 0.6) is 0 Å². The summed E-state index contributed by atoms with van der Waals surface area (Å²) in [5, 5.41) is 9.88. The van der Waals surface area contributed by atoms with Crippen LogP contribution < -0.4 is 0 Å². The molecule has 0 radical (unpaired) electrons. The number of nitrogens with zero attached hydrogens (tertiary/aromatic N) is 3. The summed E-state index contributed by atoms with van der Waals surface area (Å²) in [6.07, 6.45) is 2.57. The Labute approximate surface area is 124 Å². The molecule has 0 unspecified atom stereocenters. The third-order valence-corrected chi connectivity index (χ3v) is 4.37. The fraction of sp³-hybridized carbons (Fsp3) is 0.429. The van der Waals surface area contributed by atoms with E-state index in [1.807, 2.05) is 11.8 Å². The minimum atomic E-state index is 0. The minimum absolute atomic E-state index is 0. The van der Waals surface area contributed by atoms with E-state index < -0.39 is 0 Å². The van der Waals surface area contributed by atoms with Gasteiger partial charge in [0.1, 0.15) is 0 Å². The third kappa shape index (κ3) is 3.31. The summed E-state index contributed by atoms with van der Waals surface area (Å²) in [4.78, 5) is 2.35. The topological polar surface area (TPSA) is 28.0 Å². The molecule has 0 aliphatic carbocycles. The quantitative estimate of drug-likeness (QED) is 0.795. The summed E-state index contributed by atoms with van der Waals surface area (Å²) >= 11 is 1.81. The number of benzene rings is 1. The maximum Gasteiger partial charge on any atom is 0.186 e. The summed E-state index contributed by atoms with van der Waals surface area (Å²) in [6.45, 7) is 4.38. The fourth-order valence-corrected chi connectivity index (χ4v) is 3.20. The number of thioether (sulfide) groups is 1. The smallest absolute Gasteiger partial charge is 0.186 e. The van der Waals surface area contributed by atoms with Gasteiger partial charge in [-0.3, -0.25) is 0 Å². The maximum absolute atomic E-state index is 4.40. The Bertz CT molecular complexity index is 490. The van der Waals surface area contributed by atoms with Crippen molar-refractivity contribution in [3.05, 3.63) is 35.4 Å². The molecule has 5 heteroatoms. The molecule has 1 fully saturated rings. The number of hydrogen-bond donors (Lipinski definition) is 0. The first-order valence-corrected chi connectivity index (χ1v) is 7.41. The van der Waals surface area contributed by atoms with Crippen molar-refractivity contribution in [1.82, 2.24) is 4.90 Å². The Hall–Kier alpha value is -1.00. The summed E-state index contributed by atoms with van der Waals surface area (Å²) in [6, 6.07) is 8.51. The Balaban J connectivity index is 0.00000133. The van der Waals surface area contributed by atoms with E-state index in [0.717, 1.165) is 29.7 Å². The van der Waals surface area contributed by atoms with Gasteiger partial charge in [-0.25, -0.2) is 0 Å². The van der Waals surface area contributed by atoms with E-state index in [4.69, 9.17) is 0 Å². The lowest BCUT2D eigenvalue weighted by molar-refractivity contribution is 0.528. The van der Waals surface area contributed by atoms with Gasteiger partial charge in [0, 0.05) is 18.8 Å². The summed E-state index contributed by atoms with van der Waals surface area (Å²) in [7, 11) is 0. The minimum Gasteiger partial charge on any atom is -0.350 e. The van der Waals surface area contributed by atoms with Crippen molar-refractivity contribution in [3.63, 3.8) is 0 Å². The van der Waals surface area contributed by atoms with Crippen LogP contribution in [0.2, 0.25) is 0 Å². The second-order valence-corrected chi connectivity index (χ2v) is 5.72. The zero-order chi connectivity index (χ0) is 12.4. The predicted octanol–water partition coefficient (Wildman–Crippen LogP) is 3.32. The maximum atomic E-state index is 4.40. The lowest BCUT2D eigenvalue weighted by Crippen LogP contribution is -2.27. The van der Waals surface area contributed by atoms with Gasteiger partial charge in [-0.1, -0.05) is 41.6 Å². The standard InChI is InChI=1S/C14H17N3S.ClH/c1-11-4-6-12(7-5-11)13-10-18-14(16-15-13)17-8-2-3-9-17;/h4-7H,2-3,8-10H2,1H3;1H. The highest BCUT2D eigenvalue weighted by Gasteiger charge is 2.20. The van der Waals surface area contributed by atoms with Gasteiger partial charge in [-0.2, -0.15) is 5.10 Å². The molecule has 0 saturated carbocycles. The van der Waals surface area contributed by atoms with Crippen molar-refractivity contribution in [3.8, 4) is 0 Å². The normalized spacial score (nSPS) is 18.7. The molecule has 0 N–H and O–H groups in total. The van der Waals surface area contributed by atoms with E-state index in [1.165, 1.54) is 24.0 Å². The highest BCUT2D eigenvalue weighted by molar-refractivity contribution is 8.14. The first kappa shape index (κ1) is 14.4. The van der Waals surface area contributed by atoms with Crippen LogP contribution in [0.3, 0.4) is 0 Å². The van der Waals surface area contributed by atoms with Gasteiger partial charge in [0.05, 0.1) is 5.71 Å². The molecule has 1 aromatic carbocycles. The second-order valence-electron chi connectivity index (χ2n) is 4.78. The number of likely N-dealkylation sites (tertiary alicyclic amines) is 1. The van der Waals surface area contributed by atoms with E-state index >= 15 is 0 Å². The van der Waals surface area contributed by atoms with Crippen LogP contribution >= 0.6 is 24.2 Å². The molecule has 2 aliphatic heterocycles. The fourth-order valence-electron chi connectivity index (χ4n) is 2.24. The van der Waals surface area contributed by atoms with E-state index in [9.17, 15) is 0 Å². The molecule has 19 heavy (non-hydrogen) atoms. The summed E-state index contributed by atoms with van der Waals surface area (Å²) < 4.78 is 0. The molecule has 102 valence electrons. The van der Waals surface area contributed by atoms with E-state index in [2.05, 4.69) is 46.3 Å². The van der Waals surface area contributed by atoms with E-state index in [-0.39, 0.29) is 12.4 Å². The number of aryl methyl sites for hydroxylation is 1. The van der Waals surface area contributed by atoms with Gasteiger partial charge >= 0.3 is 0 Å². The van der Waals surface area contributed by atoms with Crippen molar-refractivity contribution >= 4 is 35.0 Å². The van der Waals surface area contributed by atoms with Gasteiger partial charge in [-0.15, -0.1) is 17.5 Å². The molecule has 0 atom stereocenters. The predicted molar refractivity (Wildman–Crippen MR) is 85.7 cm³/mol. The number of rotatable bonds is 1. The molecule has 1 saturated heterocycles. The van der Waals surface area contributed by atoms with Crippen LogP contribution in [0.15, 0.2) is 34.5 Å². The molecule has 3 nitrogen and oxygen atoms in total. The SMILES string of the molecule is Cc1ccc(C2=NN=C(N3CCCC3)SC2)cc1.Cl. The molecule has 0 spiro atoms. The van der Waals surface area contributed by atoms with Gasteiger partial charge in [-0.05, 0) is 25.3 Å². The molecular formula is C14H18ClN3S. The van der Waals surface area contributed by atoms with Crippen LogP contribution in [0, 0.1) is 6.92 Å². The molecular weight excluding hydrogens is 278 g/mol. The molecule has 3 rings (SSSR count). The van der Waals surface area contributed by atoms with Crippen LogP contribution in [-0.2, 0) is 0 Å². The molecule has 0 amide bonds. The number of amidine groups is 1. The average molecular weight is 296 g/mol. The Morgan fingerprint density at radius 1 is 1.05 bits per heavy atom. The first-order chi connectivity index (χ1) is 8.83. The lowest BCUT2D eigenvalue weighted by atomic mass is 10.1. The van der Waals surface area contributed by atoms with Crippen LogP contribution in [0.25, 0.3) is 0 Å². The molecule has 0 bridgehead atoms. The van der Waals surface area contributed by atoms with E-state index in [0.29, 0.717) is 0 Å². The largest absolute Gasteiger partial charge is 0.350 e. The third-order valence-electron chi connectivity index (χ3n) is 3.36. The van der Waals surface area contributed by atoms with Crippen molar-refractivity contribution in [2.75, 3.05) is 18.8 Å². The monoisotopic (exact) mass is 295 g/mol. The van der Waals surface area contributed by atoms with Gasteiger partial charge in [0.25, 0.3) is 0 Å². The average Bonchev–Trinajstić information content (AvgIpc) is 2.94. The van der Waals surface area contributed by atoms with Gasteiger partial charge in [0.15, 0.2) is 5.17 Å². The van der Waals surface area contributed by atoms with Crippen molar-refractivity contribution in [1.29, 1.82) is 0 Å². The Kier molecular flexibility index (Phi) is 4.88. The lowest BCUT2D eigenvalue weighted by Gasteiger charge is -2.21. The summed E-state index contributed by atoms with van der Waals surface area (Å²) in [5.41, 5.74) is 3.56. The van der Waals surface area contributed by atoms with Crippen LogP contribution in [-0.4, -0.2) is 34.6 Å². The molecule has 2 heterocycles. The van der Waals surface area contributed by atoms with E-state index in [1.54, 1.807) is 0 Å². The van der Waals surface area contributed by atoms with Gasteiger partial charge < -0.3 is 4.90 Å². The zero-order valence-electron chi connectivity index (χ0n) is 11.0. The number of halogens is 1. The van der Waals surface area contributed by atoms with Crippen molar-refractivity contribution < 1.29 is 0 Å². The second kappa shape index (κ2) is 6.44. The van der Waals surface area contributed by atoms with Crippen LogP contribution in [0.4, 0.5) is 0 Å². The van der Waals surface area contributed by atoms with Crippen molar-refractivity contribution in [2.45, 2.75) is 19.8 Å². The molecule has 1 aromatic rings. The zero-order valence-corrected chi connectivity index (χ0v) is 12.6.